The van der Waals surface area contributed by atoms with E-state index in [-0.39, 0.29) is 0 Å². The molecule has 0 saturated carbocycles. The summed E-state index contributed by atoms with van der Waals surface area (Å²) in [7, 11) is 1.40. The Morgan fingerprint density at radius 1 is 0.579 bits per heavy atom. The molecule has 0 amide bonds. The second-order valence-electron chi connectivity index (χ2n) is 9.58. The summed E-state index contributed by atoms with van der Waals surface area (Å²) in [5.74, 6) is 3.12. The Kier molecular flexibility index (Phi) is 7.40. The predicted octanol–water partition coefficient (Wildman–Crippen LogP) is 5.28. The van der Waals surface area contributed by atoms with E-state index in [1.54, 1.807) is 0 Å². The van der Waals surface area contributed by atoms with Gasteiger partial charge in [0, 0.05) is 25.3 Å². The maximum atomic E-state index is 6.34. The smallest absolute Gasteiger partial charge is 0.180 e. The van der Waals surface area contributed by atoms with Crippen LogP contribution < -0.4 is 25.6 Å². The second kappa shape index (κ2) is 11.2. The number of anilines is 1. The van der Waals surface area contributed by atoms with E-state index in [9.17, 15) is 0 Å². The molecule has 2 heteroatoms. The summed E-state index contributed by atoms with van der Waals surface area (Å²) >= 11 is 0. The quantitative estimate of drug-likeness (QED) is 0.126. The van der Waals surface area contributed by atoms with Gasteiger partial charge in [-0.05, 0) is 44.0 Å². The Morgan fingerprint density at radius 3 is 1.53 bits per heavy atom. The fraction of sp³-hybridized carbons (Fsp3) is 0.0556. The zero-order valence-corrected chi connectivity index (χ0v) is 22.9. The minimum atomic E-state index is -2.71. The van der Waals surface area contributed by atoms with E-state index in [2.05, 4.69) is 171 Å². The van der Waals surface area contributed by atoms with E-state index in [0.29, 0.717) is 0 Å². The zero-order valence-electron chi connectivity index (χ0n) is 21.9. The molecule has 0 spiro atoms. The van der Waals surface area contributed by atoms with E-state index in [0.717, 1.165) is 16.7 Å². The number of terminal acetylenes is 1. The molecular formula is C36H31NSi. The summed E-state index contributed by atoms with van der Waals surface area (Å²) in [6.45, 7) is 0. The first-order valence-corrected chi connectivity index (χ1v) is 14.9. The van der Waals surface area contributed by atoms with Gasteiger partial charge in [-0.2, -0.15) is 0 Å². The molecule has 0 N–H and O–H groups in total. The van der Waals surface area contributed by atoms with E-state index in [4.69, 9.17) is 6.42 Å². The zero-order chi connectivity index (χ0) is 26.4. The molecule has 5 aromatic carbocycles. The number of hydrogen-bond acceptors (Lipinski definition) is 1. The van der Waals surface area contributed by atoms with Gasteiger partial charge in [-0.1, -0.05) is 139 Å². The lowest BCUT2D eigenvalue weighted by molar-refractivity contribution is 1.13. The molecule has 184 valence electrons. The maximum absolute atomic E-state index is 6.34. The molecule has 1 nitrogen and oxygen atoms in total. The van der Waals surface area contributed by atoms with Crippen LogP contribution in [-0.2, 0) is 0 Å². The third kappa shape index (κ3) is 4.73. The Balaban J connectivity index is 1.75. The molecule has 0 atom stereocenters. The highest BCUT2D eigenvalue weighted by Crippen LogP contribution is 2.18. The van der Waals surface area contributed by atoms with Crippen molar-refractivity contribution in [3.8, 4) is 12.3 Å². The predicted molar refractivity (Wildman–Crippen MR) is 168 cm³/mol. The highest BCUT2D eigenvalue weighted by Gasteiger charge is 2.42. The lowest BCUT2D eigenvalue weighted by Gasteiger charge is -2.35. The molecule has 0 unspecified atom stereocenters. The van der Waals surface area contributed by atoms with Gasteiger partial charge >= 0.3 is 0 Å². The number of rotatable bonds is 7. The van der Waals surface area contributed by atoms with Crippen LogP contribution in [0.2, 0.25) is 0 Å². The molecule has 5 aromatic rings. The molecule has 5 rings (SSSR count). The van der Waals surface area contributed by atoms with Crippen LogP contribution in [0.15, 0.2) is 133 Å². The average molecular weight is 506 g/mol. The Labute approximate surface area is 227 Å². The highest BCUT2D eigenvalue weighted by molar-refractivity contribution is 7.20. The Bertz CT molecular complexity index is 1470. The first-order valence-electron chi connectivity index (χ1n) is 12.9. The minimum absolute atomic E-state index is 0.955. The van der Waals surface area contributed by atoms with E-state index >= 15 is 0 Å². The van der Waals surface area contributed by atoms with Crippen LogP contribution in [0.3, 0.4) is 0 Å². The number of hydrogen-bond donors (Lipinski definition) is 0. The molecule has 0 aromatic heterocycles. The standard InChI is InChI=1S/C36H31NSi/c1-4-35-30(26-23-29-24-27-31(28-25-29)37(2)3)15-14-22-36(35)38(32-16-8-5-9-17-32,33-18-10-6-11-19-33)34-20-12-7-13-21-34/h1,5-28H,2-3H3. The Morgan fingerprint density at radius 2 is 1.08 bits per heavy atom. The van der Waals surface area contributed by atoms with Crippen molar-refractivity contribution >= 4 is 46.7 Å². The maximum Gasteiger partial charge on any atom is 0.180 e. The molecule has 0 heterocycles. The van der Waals surface area contributed by atoms with Crippen molar-refractivity contribution in [2.45, 2.75) is 0 Å². The molecule has 0 fully saturated rings. The van der Waals surface area contributed by atoms with Crippen LogP contribution in [0.1, 0.15) is 16.7 Å². The van der Waals surface area contributed by atoms with Crippen molar-refractivity contribution in [3.05, 3.63) is 150 Å². The summed E-state index contributed by atoms with van der Waals surface area (Å²) in [4.78, 5) is 2.11. The third-order valence-corrected chi connectivity index (χ3v) is 12.0. The van der Waals surface area contributed by atoms with Crippen LogP contribution in [0.5, 0.6) is 0 Å². The first kappa shape index (κ1) is 25.1. The van der Waals surface area contributed by atoms with Crippen molar-refractivity contribution < 1.29 is 0 Å². The van der Waals surface area contributed by atoms with E-state index in [1.165, 1.54) is 26.4 Å². The van der Waals surface area contributed by atoms with Gasteiger partial charge in [-0.15, -0.1) is 6.42 Å². The first-order chi connectivity index (χ1) is 18.6. The Hall–Kier alpha value is -4.58. The monoisotopic (exact) mass is 505 g/mol. The van der Waals surface area contributed by atoms with Gasteiger partial charge in [0.1, 0.15) is 0 Å². The van der Waals surface area contributed by atoms with Gasteiger partial charge in [-0.3, -0.25) is 0 Å². The van der Waals surface area contributed by atoms with Gasteiger partial charge in [0.15, 0.2) is 8.07 Å². The van der Waals surface area contributed by atoms with Gasteiger partial charge in [-0.25, -0.2) is 0 Å². The lowest BCUT2D eigenvalue weighted by Crippen LogP contribution is -2.75. The molecule has 0 aliphatic carbocycles. The largest absolute Gasteiger partial charge is 0.378 e. The van der Waals surface area contributed by atoms with Crippen molar-refractivity contribution in [1.29, 1.82) is 0 Å². The fourth-order valence-electron chi connectivity index (χ4n) is 5.28. The average Bonchev–Trinajstić information content (AvgIpc) is 2.98. The van der Waals surface area contributed by atoms with Crippen molar-refractivity contribution in [2.75, 3.05) is 19.0 Å². The SMILES string of the molecule is C#Cc1c(C=Cc2ccc(N(C)C)cc2)cccc1[Si](c1ccccc1)(c1ccccc1)c1ccccc1. The topological polar surface area (TPSA) is 3.24 Å². The van der Waals surface area contributed by atoms with Gasteiger partial charge in [0.05, 0.1) is 0 Å². The third-order valence-electron chi connectivity index (χ3n) is 7.13. The summed E-state index contributed by atoms with van der Waals surface area (Å²) in [5, 5.41) is 5.17. The molecule has 0 saturated heterocycles. The molecule has 0 bridgehead atoms. The number of benzene rings is 5. The van der Waals surface area contributed by atoms with Crippen molar-refractivity contribution in [2.24, 2.45) is 0 Å². The van der Waals surface area contributed by atoms with Crippen molar-refractivity contribution in [3.63, 3.8) is 0 Å². The van der Waals surface area contributed by atoms with E-state index < -0.39 is 8.07 Å². The summed E-state index contributed by atoms with van der Waals surface area (Å²) < 4.78 is 0. The van der Waals surface area contributed by atoms with Crippen LogP contribution in [0.4, 0.5) is 5.69 Å². The fourth-order valence-corrected chi connectivity index (χ4v) is 10.2. The van der Waals surface area contributed by atoms with Crippen LogP contribution in [0.25, 0.3) is 12.2 Å². The minimum Gasteiger partial charge on any atom is -0.378 e. The molecular weight excluding hydrogens is 474 g/mol. The molecule has 0 aliphatic rings. The molecule has 38 heavy (non-hydrogen) atoms. The van der Waals surface area contributed by atoms with E-state index in [1.807, 2.05) is 0 Å². The highest BCUT2D eigenvalue weighted by atomic mass is 28.3. The molecule has 0 aliphatic heterocycles. The van der Waals surface area contributed by atoms with Gasteiger partial charge in [0.2, 0.25) is 0 Å². The normalized spacial score (nSPS) is 11.3. The summed E-state index contributed by atoms with van der Waals surface area (Å²) in [6.07, 6.45) is 10.6. The van der Waals surface area contributed by atoms with Gasteiger partial charge in [0.25, 0.3) is 0 Å². The van der Waals surface area contributed by atoms with Crippen LogP contribution in [-0.4, -0.2) is 22.2 Å². The van der Waals surface area contributed by atoms with Crippen molar-refractivity contribution in [1.82, 2.24) is 0 Å². The lowest BCUT2D eigenvalue weighted by atomic mass is 10.1. The van der Waals surface area contributed by atoms with Crippen LogP contribution in [0, 0.1) is 12.3 Å². The number of nitrogens with zero attached hydrogens (tertiary/aromatic N) is 1. The molecule has 0 radical (unpaired) electrons. The van der Waals surface area contributed by atoms with Crippen LogP contribution >= 0.6 is 0 Å². The summed E-state index contributed by atoms with van der Waals surface area (Å²) in [5.41, 5.74) is 4.33. The summed E-state index contributed by atoms with van der Waals surface area (Å²) in [6, 6.07) is 47.8. The second-order valence-corrected chi connectivity index (χ2v) is 13.4. The van der Waals surface area contributed by atoms with Gasteiger partial charge < -0.3 is 4.90 Å².